The van der Waals surface area contributed by atoms with Crippen molar-refractivity contribution in [3.05, 3.63) is 24.3 Å². The van der Waals surface area contributed by atoms with E-state index in [1.54, 1.807) is 0 Å². The van der Waals surface area contributed by atoms with Gasteiger partial charge in [-0.05, 0) is 51.4 Å². The number of rotatable bonds is 9. The van der Waals surface area contributed by atoms with Crippen molar-refractivity contribution in [2.45, 2.75) is 52.9 Å². The molecule has 0 amide bonds. The lowest BCUT2D eigenvalue weighted by atomic mass is 9.89. The molecule has 0 aromatic carbocycles. The lowest BCUT2D eigenvalue weighted by Crippen LogP contribution is -2.04. The molecular formula is C15H26O. The fraction of sp³-hybridized carbons (Fsp3) is 0.667. The summed E-state index contributed by atoms with van der Waals surface area (Å²) in [5.41, 5.74) is 1.40. The largest absolute Gasteiger partial charge is 0.303 e. The summed E-state index contributed by atoms with van der Waals surface area (Å²) in [6, 6.07) is 0. The predicted octanol–water partition coefficient (Wildman–Crippen LogP) is 4.54. The second-order valence-corrected chi connectivity index (χ2v) is 4.94. The van der Waals surface area contributed by atoms with Gasteiger partial charge in [-0.15, -0.1) is 6.58 Å². The molecule has 0 aliphatic heterocycles. The number of carbonyl (C=O) groups excluding carboxylic acids is 1. The van der Waals surface area contributed by atoms with E-state index in [9.17, 15) is 4.79 Å². The van der Waals surface area contributed by atoms with Crippen LogP contribution in [0.15, 0.2) is 24.3 Å². The Morgan fingerprint density at radius 3 is 2.44 bits per heavy atom. The normalized spacial score (nSPS) is 13.9. The van der Waals surface area contributed by atoms with Gasteiger partial charge in [-0.3, -0.25) is 0 Å². The minimum atomic E-state index is 0.506. The van der Waals surface area contributed by atoms with Crippen molar-refractivity contribution in [3.63, 3.8) is 0 Å². The molecule has 0 saturated carbocycles. The highest BCUT2D eigenvalue weighted by Crippen LogP contribution is 2.21. The average molecular weight is 222 g/mol. The molecule has 0 bridgehead atoms. The van der Waals surface area contributed by atoms with Crippen molar-refractivity contribution < 1.29 is 4.79 Å². The van der Waals surface area contributed by atoms with E-state index in [0.29, 0.717) is 18.3 Å². The van der Waals surface area contributed by atoms with Crippen LogP contribution in [0.4, 0.5) is 0 Å². The first-order valence-corrected chi connectivity index (χ1v) is 6.29. The number of hydrogen-bond acceptors (Lipinski definition) is 1. The second-order valence-electron chi connectivity index (χ2n) is 4.94. The average Bonchev–Trinajstić information content (AvgIpc) is 2.23. The van der Waals surface area contributed by atoms with Gasteiger partial charge in [-0.1, -0.05) is 24.6 Å². The van der Waals surface area contributed by atoms with Crippen molar-refractivity contribution in [1.29, 1.82) is 0 Å². The second kappa shape index (κ2) is 9.38. The van der Waals surface area contributed by atoms with Crippen LogP contribution in [0.3, 0.4) is 0 Å². The lowest BCUT2D eigenvalue weighted by molar-refractivity contribution is -0.108. The van der Waals surface area contributed by atoms with Gasteiger partial charge >= 0.3 is 0 Å². The molecule has 1 heteroatoms. The summed E-state index contributed by atoms with van der Waals surface area (Å²) < 4.78 is 0. The van der Waals surface area contributed by atoms with Crippen LogP contribution in [0.1, 0.15) is 52.9 Å². The van der Waals surface area contributed by atoms with Gasteiger partial charge in [0.25, 0.3) is 0 Å². The van der Waals surface area contributed by atoms with E-state index in [1.165, 1.54) is 18.4 Å². The quantitative estimate of drug-likeness (QED) is 0.413. The van der Waals surface area contributed by atoms with Crippen LogP contribution in [0.2, 0.25) is 0 Å². The number of carbonyl (C=O) groups is 1. The first-order valence-electron chi connectivity index (χ1n) is 6.29. The van der Waals surface area contributed by atoms with E-state index in [4.69, 9.17) is 0 Å². The van der Waals surface area contributed by atoms with E-state index in [1.807, 2.05) is 6.08 Å². The highest BCUT2D eigenvalue weighted by molar-refractivity contribution is 5.49. The van der Waals surface area contributed by atoms with E-state index in [0.717, 1.165) is 19.1 Å². The van der Waals surface area contributed by atoms with E-state index < -0.39 is 0 Å². The van der Waals surface area contributed by atoms with Gasteiger partial charge in [-0.2, -0.15) is 0 Å². The molecule has 1 nitrogen and oxygen atoms in total. The molecule has 0 saturated heterocycles. The van der Waals surface area contributed by atoms with Crippen molar-refractivity contribution >= 4 is 6.29 Å². The zero-order valence-electron chi connectivity index (χ0n) is 11.0. The van der Waals surface area contributed by atoms with Crippen LogP contribution in [0.25, 0.3) is 0 Å². The van der Waals surface area contributed by atoms with Crippen LogP contribution in [-0.2, 0) is 4.79 Å². The van der Waals surface area contributed by atoms with Crippen molar-refractivity contribution in [3.8, 4) is 0 Å². The Balaban J connectivity index is 3.81. The molecule has 0 unspecified atom stereocenters. The lowest BCUT2D eigenvalue weighted by Gasteiger charge is -2.16. The van der Waals surface area contributed by atoms with Gasteiger partial charge in [-0.25, -0.2) is 0 Å². The summed E-state index contributed by atoms with van der Waals surface area (Å²) in [5, 5.41) is 0. The third-order valence-corrected chi connectivity index (χ3v) is 2.91. The van der Waals surface area contributed by atoms with Gasteiger partial charge in [0.2, 0.25) is 0 Å². The maximum atomic E-state index is 10.3. The molecule has 0 rings (SSSR count). The summed E-state index contributed by atoms with van der Waals surface area (Å²) in [6.07, 6.45) is 10.5. The number of aldehydes is 1. The SMILES string of the molecule is C=C[C@@H](CCC=O)C[C@H](C)CCC=C(C)C. The third kappa shape index (κ3) is 8.46. The molecule has 2 atom stereocenters. The number of hydrogen-bond donors (Lipinski definition) is 0. The Hall–Kier alpha value is -0.850. The predicted molar refractivity (Wildman–Crippen MR) is 71.4 cm³/mol. The van der Waals surface area contributed by atoms with Crippen LogP contribution >= 0.6 is 0 Å². The zero-order valence-corrected chi connectivity index (χ0v) is 11.0. The van der Waals surface area contributed by atoms with Crippen LogP contribution in [-0.4, -0.2) is 6.29 Å². The maximum Gasteiger partial charge on any atom is 0.120 e. The van der Waals surface area contributed by atoms with Crippen molar-refractivity contribution in [2.24, 2.45) is 11.8 Å². The van der Waals surface area contributed by atoms with Crippen molar-refractivity contribution in [1.82, 2.24) is 0 Å². The van der Waals surface area contributed by atoms with E-state index in [2.05, 4.69) is 33.4 Å². The third-order valence-electron chi connectivity index (χ3n) is 2.91. The van der Waals surface area contributed by atoms with Gasteiger partial charge in [0.05, 0.1) is 0 Å². The van der Waals surface area contributed by atoms with E-state index >= 15 is 0 Å². The molecule has 0 aliphatic rings. The Kier molecular flexibility index (Phi) is 8.88. The highest BCUT2D eigenvalue weighted by atomic mass is 16.1. The van der Waals surface area contributed by atoms with Crippen molar-refractivity contribution in [2.75, 3.05) is 0 Å². The summed E-state index contributed by atoms with van der Waals surface area (Å²) in [6.45, 7) is 10.4. The highest BCUT2D eigenvalue weighted by Gasteiger charge is 2.09. The molecule has 16 heavy (non-hydrogen) atoms. The van der Waals surface area contributed by atoms with E-state index in [-0.39, 0.29) is 0 Å². The molecule has 0 heterocycles. The standard InChI is InChI=1S/C15H26O/c1-5-15(10-7-11-16)12-14(4)9-6-8-13(2)3/h5,8,11,14-15H,1,6-7,9-10,12H2,2-4H3/t14-,15+/m1/s1. The van der Waals surface area contributed by atoms with Crippen LogP contribution in [0, 0.1) is 11.8 Å². The summed E-state index contributed by atoms with van der Waals surface area (Å²) >= 11 is 0. The Bertz CT molecular complexity index is 224. The molecule has 92 valence electrons. The first-order chi connectivity index (χ1) is 7.60. The number of allylic oxidation sites excluding steroid dienone is 3. The molecule has 0 N–H and O–H groups in total. The molecule has 0 spiro atoms. The summed E-state index contributed by atoms with van der Waals surface area (Å²) in [7, 11) is 0. The summed E-state index contributed by atoms with van der Waals surface area (Å²) in [4.78, 5) is 10.3. The van der Waals surface area contributed by atoms with Crippen LogP contribution < -0.4 is 0 Å². The van der Waals surface area contributed by atoms with Gasteiger partial charge in [0, 0.05) is 6.42 Å². The Labute approximate surface area is 101 Å². The molecular weight excluding hydrogens is 196 g/mol. The molecule has 0 radical (unpaired) electrons. The van der Waals surface area contributed by atoms with Gasteiger partial charge in [0.15, 0.2) is 0 Å². The Morgan fingerprint density at radius 1 is 1.25 bits per heavy atom. The molecule has 0 aliphatic carbocycles. The van der Waals surface area contributed by atoms with Crippen LogP contribution in [0.5, 0.6) is 0 Å². The smallest absolute Gasteiger partial charge is 0.120 e. The minimum absolute atomic E-state index is 0.506. The minimum Gasteiger partial charge on any atom is -0.303 e. The molecule has 0 aromatic rings. The Morgan fingerprint density at radius 2 is 1.94 bits per heavy atom. The van der Waals surface area contributed by atoms with Gasteiger partial charge < -0.3 is 4.79 Å². The fourth-order valence-electron chi connectivity index (χ4n) is 1.91. The molecule has 0 fully saturated rings. The van der Waals surface area contributed by atoms with Gasteiger partial charge in [0.1, 0.15) is 6.29 Å². The topological polar surface area (TPSA) is 17.1 Å². The first kappa shape index (κ1) is 15.2. The fourth-order valence-corrected chi connectivity index (χ4v) is 1.91. The monoisotopic (exact) mass is 222 g/mol. The zero-order chi connectivity index (χ0) is 12.4. The molecule has 0 aromatic heterocycles. The summed E-state index contributed by atoms with van der Waals surface area (Å²) in [5.74, 6) is 1.22. The maximum absolute atomic E-state index is 10.3.